The second-order valence-corrected chi connectivity index (χ2v) is 8.71. The molecule has 4 aromatic rings. The average Bonchev–Trinajstić information content (AvgIpc) is 3.21. The Balaban J connectivity index is 1.37. The Morgan fingerprint density at radius 3 is 2.37 bits per heavy atom. The molecule has 0 unspecified atom stereocenters. The van der Waals surface area contributed by atoms with E-state index in [0.717, 1.165) is 28.1 Å². The van der Waals surface area contributed by atoms with Crippen molar-refractivity contribution in [3.63, 3.8) is 0 Å². The maximum Gasteiger partial charge on any atom is 0.352 e. The van der Waals surface area contributed by atoms with Crippen molar-refractivity contribution in [2.24, 2.45) is 0 Å². The van der Waals surface area contributed by atoms with Gasteiger partial charge in [-0.15, -0.1) is 0 Å². The summed E-state index contributed by atoms with van der Waals surface area (Å²) >= 11 is 0. The zero-order chi connectivity index (χ0) is 23.9. The fraction of sp³-hybridized carbons (Fsp3) is 0.0667. The lowest BCUT2D eigenvalue weighted by Gasteiger charge is -2.20. The summed E-state index contributed by atoms with van der Waals surface area (Å²) in [6.07, 6.45) is 3.95. The monoisotopic (exact) mass is 458 g/mol. The van der Waals surface area contributed by atoms with Crippen molar-refractivity contribution in [2.45, 2.75) is 13.0 Å². The van der Waals surface area contributed by atoms with E-state index in [1.807, 2.05) is 66.7 Å². The summed E-state index contributed by atoms with van der Waals surface area (Å²) in [7, 11) is 0. The smallest absolute Gasteiger partial charge is 0.352 e. The van der Waals surface area contributed by atoms with E-state index in [1.54, 1.807) is 22.1 Å². The number of carbonyl (C=O) groups is 2. The molecule has 0 aliphatic carbocycles. The number of fused-ring (bicyclic) bond motifs is 3. The SMILES string of the molecule is O=C(O)C1=CCC2=CN(C(=O)c3ccc(-c4cccc5ccccc45)cc3)c3ccccc3CN21. The van der Waals surface area contributed by atoms with Crippen LogP contribution < -0.4 is 4.90 Å². The number of amides is 1. The van der Waals surface area contributed by atoms with Gasteiger partial charge in [0, 0.05) is 23.9 Å². The number of benzene rings is 4. The van der Waals surface area contributed by atoms with Gasteiger partial charge in [0.15, 0.2) is 0 Å². The standard InChI is InChI=1S/C30H22N2O3/c33-29(22-14-12-21(13-15-22)26-10-5-8-20-6-1-3-9-25(20)26)32-19-24-16-17-28(30(34)35)31(24)18-23-7-2-4-11-27(23)32/h1-15,17,19H,16,18H2,(H,34,35). The van der Waals surface area contributed by atoms with Crippen LogP contribution in [0.15, 0.2) is 115 Å². The summed E-state index contributed by atoms with van der Waals surface area (Å²) in [5.74, 6) is -1.12. The van der Waals surface area contributed by atoms with E-state index >= 15 is 0 Å². The number of nitrogens with zero attached hydrogens (tertiary/aromatic N) is 2. The van der Waals surface area contributed by atoms with Gasteiger partial charge < -0.3 is 10.0 Å². The predicted molar refractivity (Wildman–Crippen MR) is 137 cm³/mol. The van der Waals surface area contributed by atoms with Crippen LogP contribution in [0.5, 0.6) is 0 Å². The lowest BCUT2D eigenvalue weighted by atomic mass is 9.97. The zero-order valence-electron chi connectivity index (χ0n) is 18.9. The number of allylic oxidation sites excluding steroid dienone is 1. The second kappa shape index (κ2) is 8.29. The van der Waals surface area contributed by atoms with E-state index < -0.39 is 5.97 Å². The van der Waals surface area contributed by atoms with Gasteiger partial charge in [-0.25, -0.2) is 4.79 Å². The number of carboxylic acids is 1. The van der Waals surface area contributed by atoms with E-state index in [1.165, 1.54) is 10.8 Å². The third-order valence-corrected chi connectivity index (χ3v) is 6.67. The van der Waals surface area contributed by atoms with Crippen LogP contribution in [0.2, 0.25) is 0 Å². The molecule has 1 N–H and O–H groups in total. The van der Waals surface area contributed by atoms with Gasteiger partial charge in [-0.2, -0.15) is 0 Å². The number of hydrogen-bond acceptors (Lipinski definition) is 3. The molecule has 0 aromatic heterocycles. The van der Waals surface area contributed by atoms with Gasteiger partial charge >= 0.3 is 5.97 Å². The highest BCUT2D eigenvalue weighted by Gasteiger charge is 2.31. The number of aliphatic carboxylic acids is 1. The van der Waals surface area contributed by atoms with E-state index in [4.69, 9.17) is 0 Å². The molecule has 0 bridgehead atoms. The minimum atomic E-state index is -0.963. The van der Waals surface area contributed by atoms with Crippen LogP contribution in [-0.4, -0.2) is 21.9 Å². The summed E-state index contributed by atoms with van der Waals surface area (Å²) in [6.45, 7) is 0.407. The van der Waals surface area contributed by atoms with Crippen LogP contribution in [-0.2, 0) is 11.3 Å². The molecule has 0 spiro atoms. The molecule has 5 heteroatoms. The Morgan fingerprint density at radius 1 is 0.800 bits per heavy atom. The highest BCUT2D eigenvalue weighted by atomic mass is 16.4. The highest BCUT2D eigenvalue weighted by Crippen LogP contribution is 2.36. The number of hydrogen-bond donors (Lipinski definition) is 1. The average molecular weight is 459 g/mol. The third-order valence-electron chi connectivity index (χ3n) is 6.67. The van der Waals surface area contributed by atoms with Gasteiger partial charge in [0.25, 0.3) is 5.91 Å². The van der Waals surface area contributed by atoms with Gasteiger partial charge in [-0.05, 0) is 51.7 Å². The maximum atomic E-state index is 13.7. The summed E-state index contributed by atoms with van der Waals surface area (Å²) < 4.78 is 0. The molecule has 0 saturated heterocycles. The topological polar surface area (TPSA) is 60.9 Å². The van der Waals surface area contributed by atoms with Crippen LogP contribution >= 0.6 is 0 Å². The van der Waals surface area contributed by atoms with Crippen molar-refractivity contribution in [2.75, 3.05) is 4.90 Å². The van der Waals surface area contributed by atoms with Crippen molar-refractivity contribution in [1.29, 1.82) is 0 Å². The van der Waals surface area contributed by atoms with E-state index in [-0.39, 0.29) is 11.6 Å². The molecule has 0 atom stereocenters. The molecule has 2 aliphatic heterocycles. The van der Waals surface area contributed by atoms with Crippen LogP contribution in [0.25, 0.3) is 21.9 Å². The number of para-hydroxylation sites is 1. The van der Waals surface area contributed by atoms with Crippen LogP contribution in [0.4, 0.5) is 5.69 Å². The fourth-order valence-electron chi connectivity index (χ4n) is 4.93. The van der Waals surface area contributed by atoms with Gasteiger partial charge in [-0.3, -0.25) is 9.69 Å². The Morgan fingerprint density at radius 2 is 1.54 bits per heavy atom. The first kappa shape index (κ1) is 20.9. The van der Waals surface area contributed by atoms with Crippen molar-refractivity contribution in [3.8, 4) is 11.1 Å². The normalized spacial score (nSPS) is 14.6. The minimum Gasteiger partial charge on any atom is -0.477 e. The lowest BCUT2D eigenvalue weighted by Crippen LogP contribution is -2.26. The third kappa shape index (κ3) is 3.58. The first-order valence-corrected chi connectivity index (χ1v) is 11.5. The molecule has 2 aliphatic rings. The molecular weight excluding hydrogens is 436 g/mol. The van der Waals surface area contributed by atoms with Crippen molar-refractivity contribution >= 4 is 28.3 Å². The van der Waals surface area contributed by atoms with Crippen molar-refractivity contribution < 1.29 is 14.7 Å². The quantitative estimate of drug-likeness (QED) is 0.398. The highest BCUT2D eigenvalue weighted by molar-refractivity contribution is 6.08. The number of carboxylic acid groups (broad SMARTS) is 1. The second-order valence-electron chi connectivity index (χ2n) is 8.71. The number of carbonyl (C=O) groups excluding carboxylic acids is 1. The molecule has 1 amide bonds. The molecule has 0 fully saturated rings. The Hall–Kier alpha value is -4.64. The van der Waals surface area contributed by atoms with Gasteiger partial charge in [0.05, 0.1) is 12.2 Å². The summed E-state index contributed by atoms with van der Waals surface area (Å²) in [4.78, 5) is 28.9. The fourth-order valence-corrected chi connectivity index (χ4v) is 4.93. The molecule has 35 heavy (non-hydrogen) atoms. The van der Waals surface area contributed by atoms with Gasteiger partial charge in [0.1, 0.15) is 5.70 Å². The first-order chi connectivity index (χ1) is 17.1. The Labute approximate surface area is 202 Å². The maximum absolute atomic E-state index is 13.7. The molecule has 170 valence electrons. The van der Waals surface area contributed by atoms with Crippen LogP contribution in [0.3, 0.4) is 0 Å². The summed E-state index contributed by atoms with van der Waals surface area (Å²) in [6, 6.07) is 29.8. The molecular formula is C30H22N2O3. The minimum absolute atomic E-state index is 0.153. The zero-order valence-corrected chi connectivity index (χ0v) is 18.9. The van der Waals surface area contributed by atoms with Crippen LogP contribution in [0.1, 0.15) is 22.3 Å². The predicted octanol–water partition coefficient (Wildman–Crippen LogP) is 6.18. The van der Waals surface area contributed by atoms with Gasteiger partial charge in [0.2, 0.25) is 0 Å². The van der Waals surface area contributed by atoms with E-state index in [0.29, 0.717) is 18.5 Å². The van der Waals surface area contributed by atoms with E-state index in [2.05, 4.69) is 24.3 Å². The first-order valence-electron chi connectivity index (χ1n) is 11.5. The molecule has 2 heterocycles. The largest absolute Gasteiger partial charge is 0.477 e. The molecule has 5 nitrogen and oxygen atoms in total. The summed E-state index contributed by atoms with van der Waals surface area (Å²) in [5, 5.41) is 12.0. The van der Waals surface area contributed by atoms with Crippen molar-refractivity contribution in [1.82, 2.24) is 4.90 Å². The molecule has 4 aromatic carbocycles. The molecule has 0 saturated carbocycles. The van der Waals surface area contributed by atoms with Gasteiger partial charge in [-0.1, -0.05) is 72.8 Å². The Kier molecular flexibility index (Phi) is 4.96. The molecule has 6 rings (SSSR count). The summed E-state index contributed by atoms with van der Waals surface area (Å²) in [5.41, 5.74) is 5.44. The molecule has 0 radical (unpaired) electrons. The number of anilines is 1. The lowest BCUT2D eigenvalue weighted by molar-refractivity contribution is -0.134. The van der Waals surface area contributed by atoms with Crippen LogP contribution in [0, 0.1) is 0 Å². The Bertz CT molecular complexity index is 1540. The number of rotatable bonds is 3. The van der Waals surface area contributed by atoms with E-state index in [9.17, 15) is 14.7 Å². The van der Waals surface area contributed by atoms with Crippen molar-refractivity contribution in [3.05, 3.63) is 126 Å².